The van der Waals surface area contributed by atoms with Gasteiger partial charge in [0.15, 0.2) is 17.3 Å². The van der Waals surface area contributed by atoms with Gasteiger partial charge in [-0.3, -0.25) is 9.59 Å². The van der Waals surface area contributed by atoms with Gasteiger partial charge in [-0.05, 0) is 42.2 Å². The predicted molar refractivity (Wildman–Crippen MR) is 110 cm³/mol. The maximum absolute atomic E-state index is 13.1. The summed E-state index contributed by atoms with van der Waals surface area (Å²) in [6, 6.07) is 12.2. The van der Waals surface area contributed by atoms with Crippen LogP contribution >= 0.6 is 0 Å². The molecular weight excluding hydrogens is 368 g/mol. The fourth-order valence-electron chi connectivity index (χ4n) is 3.61. The molecule has 6 nitrogen and oxygen atoms in total. The van der Waals surface area contributed by atoms with Gasteiger partial charge in [0.05, 0.1) is 6.04 Å². The molecule has 2 aliphatic rings. The predicted octanol–water partition coefficient (Wildman–Crippen LogP) is 2.93. The van der Waals surface area contributed by atoms with Crippen molar-refractivity contribution in [3.05, 3.63) is 65.2 Å². The van der Waals surface area contributed by atoms with Crippen LogP contribution in [0.1, 0.15) is 35.3 Å². The molecule has 2 aromatic carbocycles. The lowest BCUT2D eigenvalue weighted by molar-refractivity contribution is -0.117. The summed E-state index contributed by atoms with van der Waals surface area (Å²) in [5, 5.41) is 6.19. The average molecular weight is 392 g/mol. The first kappa shape index (κ1) is 19.1. The molecule has 1 amide bonds. The van der Waals surface area contributed by atoms with Gasteiger partial charge in [-0.1, -0.05) is 32.0 Å². The zero-order valence-electron chi connectivity index (χ0n) is 16.5. The fourth-order valence-corrected chi connectivity index (χ4v) is 3.61. The van der Waals surface area contributed by atoms with Crippen LogP contribution in [0.5, 0.6) is 11.5 Å². The Kier molecular flexibility index (Phi) is 5.25. The van der Waals surface area contributed by atoms with E-state index in [0.717, 1.165) is 35.5 Å². The van der Waals surface area contributed by atoms with Gasteiger partial charge in [-0.15, -0.1) is 0 Å². The Morgan fingerprint density at radius 1 is 1.10 bits per heavy atom. The Morgan fingerprint density at radius 2 is 1.83 bits per heavy atom. The third-order valence-electron chi connectivity index (χ3n) is 5.18. The molecule has 0 aromatic heterocycles. The molecule has 6 heteroatoms. The summed E-state index contributed by atoms with van der Waals surface area (Å²) in [6.07, 6.45) is 2.44. The first-order valence-corrected chi connectivity index (χ1v) is 9.81. The molecule has 0 fully saturated rings. The van der Waals surface area contributed by atoms with Crippen LogP contribution < -0.4 is 20.1 Å². The number of amides is 1. The zero-order valence-corrected chi connectivity index (χ0v) is 16.5. The minimum atomic E-state index is -0.614. The van der Waals surface area contributed by atoms with Crippen LogP contribution in [0, 0.1) is 5.92 Å². The summed E-state index contributed by atoms with van der Waals surface area (Å²) >= 11 is 0. The van der Waals surface area contributed by atoms with Crippen LogP contribution in [0.2, 0.25) is 0 Å². The third kappa shape index (κ3) is 3.97. The number of rotatable bonds is 5. The average Bonchev–Trinajstić information content (AvgIpc) is 3.18. The number of hydrogen-bond acceptors (Lipinski definition) is 5. The molecule has 0 spiro atoms. The summed E-state index contributed by atoms with van der Waals surface area (Å²) in [5.74, 6) is 0.982. The number of nitrogens with one attached hydrogen (secondary N) is 2. The summed E-state index contributed by atoms with van der Waals surface area (Å²) < 4.78 is 10.9. The van der Waals surface area contributed by atoms with E-state index in [2.05, 4.69) is 10.6 Å². The van der Waals surface area contributed by atoms with E-state index in [4.69, 9.17) is 9.47 Å². The smallest absolute Gasteiger partial charge is 0.251 e. The van der Waals surface area contributed by atoms with Crippen LogP contribution in [-0.4, -0.2) is 31.1 Å². The maximum atomic E-state index is 13.1. The normalized spacial score (nSPS) is 16.9. The molecule has 0 bridgehead atoms. The first-order chi connectivity index (χ1) is 14.0. The summed E-state index contributed by atoms with van der Waals surface area (Å²) in [5.41, 5.74) is 3.33. The van der Waals surface area contributed by atoms with Gasteiger partial charge in [0.1, 0.15) is 0 Å². The number of hydrogen-bond donors (Lipinski definition) is 2. The highest BCUT2D eigenvalue weighted by Gasteiger charge is 2.26. The molecule has 2 heterocycles. The minimum absolute atomic E-state index is 0.0492. The fraction of sp³-hybridized carbons (Fsp3) is 0.304. The maximum Gasteiger partial charge on any atom is 0.251 e. The van der Waals surface area contributed by atoms with Crippen molar-refractivity contribution in [3.8, 4) is 11.5 Å². The quantitative estimate of drug-likeness (QED) is 0.765. The van der Waals surface area contributed by atoms with Crippen molar-refractivity contribution in [3.63, 3.8) is 0 Å². The van der Waals surface area contributed by atoms with E-state index >= 15 is 0 Å². The largest absolute Gasteiger partial charge is 0.454 e. The summed E-state index contributed by atoms with van der Waals surface area (Å²) in [7, 11) is 0. The molecule has 1 atom stereocenters. The van der Waals surface area contributed by atoms with E-state index in [1.54, 1.807) is 30.3 Å². The Hall–Kier alpha value is -3.28. The molecule has 2 aromatic rings. The van der Waals surface area contributed by atoms with Gasteiger partial charge in [-0.2, -0.15) is 0 Å². The van der Waals surface area contributed by atoms with Gasteiger partial charge in [0, 0.05) is 29.4 Å². The van der Waals surface area contributed by atoms with Crippen molar-refractivity contribution in [2.24, 2.45) is 5.92 Å². The second-order valence-electron chi connectivity index (χ2n) is 7.56. The van der Waals surface area contributed by atoms with Gasteiger partial charge in [0.2, 0.25) is 6.79 Å². The monoisotopic (exact) mass is 392 g/mol. The standard InChI is InChI=1S/C23H24N2O4/c1-14(2)22(25-23(27)15-6-4-3-5-7-15)19(26)12-18-17-11-21-20(28-13-29-21)10-16(17)8-9-24-18/h3-7,10-12,14,22,24H,8-9,13H2,1-2H3,(H,25,27)/b18-12-/t22-/m0/s1. The van der Waals surface area contributed by atoms with E-state index in [1.807, 2.05) is 32.0 Å². The molecule has 2 N–H and O–H groups in total. The molecule has 0 radical (unpaired) electrons. The van der Waals surface area contributed by atoms with Crippen molar-refractivity contribution in [1.82, 2.24) is 10.6 Å². The second kappa shape index (κ2) is 7.99. The van der Waals surface area contributed by atoms with Crippen LogP contribution in [0.3, 0.4) is 0 Å². The highest BCUT2D eigenvalue weighted by molar-refractivity contribution is 6.04. The van der Waals surface area contributed by atoms with Gasteiger partial charge < -0.3 is 20.1 Å². The van der Waals surface area contributed by atoms with Crippen LogP contribution in [-0.2, 0) is 11.2 Å². The molecule has 4 rings (SSSR count). The topological polar surface area (TPSA) is 76.7 Å². The molecular formula is C23H24N2O4. The Bertz CT molecular complexity index is 966. The lowest BCUT2D eigenvalue weighted by Gasteiger charge is -2.24. The van der Waals surface area contributed by atoms with Gasteiger partial charge in [-0.25, -0.2) is 0 Å². The van der Waals surface area contributed by atoms with E-state index in [1.165, 1.54) is 0 Å². The SMILES string of the molecule is CC(C)[C@H](NC(=O)c1ccccc1)C(=O)/C=C1\NCCc2cc3c(cc21)OCO3. The van der Waals surface area contributed by atoms with Crippen LogP contribution in [0.15, 0.2) is 48.5 Å². The molecule has 150 valence electrons. The van der Waals surface area contributed by atoms with Crippen LogP contribution in [0.4, 0.5) is 0 Å². The summed E-state index contributed by atoms with van der Waals surface area (Å²) in [6.45, 7) is 4.79. The minimum Gasteiger partial charge on any atom is -0.454 e. The lowest BCUT2D eigenvalue weighted by atomic mass is 9.93. The number of carbonyl (C=O) groups excluding carboxylic acids is 2. The van der Waals surface area contributed by atoms with E-state index in [-0.39, 0.29) is 24.4 Å². The summed E-state index contributed by atoms with van der Waals surface area (Å²) in [4.78, 5) is 25.6. The molecule has 0 saturated heterocycles. The molecule has 2 aliphatic heterocycles. The molecule has 0 aliphatic carbocycles. The Balaban J connectivity index is 1.58. The van der Waals surface area contributed by atoms with Gasteiger partial charge in [0.25, 0.3) is 5.91 Å². The van der Waals surface area contributed by atoms with E-state index in [9.17, 15) is 9.59 Å². The highest BCUT2D eigenvalue weighted by atomic mass is 16.7. The second-order valence-corrected chi connectivity index (χ2v) is 7.56. The number of fused-ring (bicyclic) bond motifs is 2. The molecule has 29 heavy (non-hydrogen) atoms. The molecule has 0 saturated carbocycles. The number of ether oxygens (including phenoxy) is 2. The van der Waals surface area contributed by atoms with Crippen molar-refractivity contribution in [2.75, 3.05) is 13.3 Å². The number of carbonyl (C=O) groups is 2. The van der Waals surface area contributed by atoms with Crippen molar-refractivity contribution < 1.29 is 19.1 Å². The lowest BCUT2D eigenvalue weighted by Crippen LogP contribution is -2.44. The number of ketones is 1. The zero-order chi connectivity index (χ0) is 20.4. The Morgan fingerprint density at radius 3 is 2.55 bits per heavy atom. The van der Waals surface area contributed by atoms with E-state index in [0.29, 0.717) is 11.3 Å². The van der Waals surface area contributed by atoms with Crippen molar-refractivity contribution in [1.29, 1.82) is 0 Å². The first-order valence-electron chi connectivity index (χ1n) is 9.81. The van der Waals surface area contributed by atoms with E-state index < -0.39 is 6.04 Å². The number of benzene rings is 2. The third-order valence-corrected chi connectivity index (χ3v) is 5.18. The van der Waals surface area contributed by atoms with Gasteiger partial charge >= 0.3 is 0 Å². The molecule has 0 unspecified atom stereocenters. The Labute approximate surface area is 169 Å². The van der Waals surface area contributed by atoms with Crippen molar-refractivity contribution in [2.45, 2.75) is 26.3 Å². The van der Waals surface area contributed by atoms with Crippen LogP contribution in [0.25, 0.3) is 5.70 Å². The highest BCUT2D eigenvalue weighted by Crippen LogP contribution is 2.38. The van der Waals surface area contributed by atoms with Crippen molar-refractivity contribution >= 4 is 17.4 Å².